The summed E-state index contributed by atoms with van der Waals surface area (Å²) in [4.78, 5) is 22.9. The molecule has 3 atom stereocenters. The summed E-state index contributed by atoms with van der Waals surface area (Å²) in [6, 6.07) is -0.233. The van der Waals surface area contributed by atoms with E-state index in [4.69, 9.17) is 9.84 Å². The average molecular weight is 284 g/mol. The molecule has 114 valence electrons. The Morgan fingerprint density at radius 1 is 1.30 bits per heavy atom. The van der Waals surface area contributed by atoms with Crippen LogP contribution in [0.2, 0.25) is 0 Å². The molecular formula is C14H24N2O4. The monoisotopic (exact) mass is 284 g/mol. The number of carbonyl (C=O) groups excluding carboxylic acids is 1. The molecule has 1 saturated carbocycles. The lowest BCUT2D eigenvalue weighted by Gasteiger charge is -2.21. The summed E-state index contributed by atoms with van der Waals surface area (Å²) >= 11 is 0. The molecule has 2 fully saturated rings. The van der Waals surface area contributed by atoms with Gasteiger partial charge in [-0.15, -0.1) is 0 Å². The third-order valence-electron chi connectivity index (χ3n) is 4.14. The van der Waals surface area contributed by atoms with E-state index in [0.29, 0.717) is 12.5 Å². The van der Waals surface area contributed by atoms with Gasteiger partial charge < -0.3 is 20.5 Å². The third kappa shape index (κ3) is 3.85. The fourth-order valence-corrected chi connectivity index (χ4v) is 2.69. The maximum Gasteiger partial charge on any atom is 0.315 e. The van der Waals surface area contributed by atoms with E-state index in [1.807, 2.05) is 13.8 Å². The molecule has 1 aliphatic carbocycles. The minimum absolute atomic E-state index is 0.0122. The third-order valence-corrected chi connectivity index (χ3v) is 4.14. The number of ether oxygens (including phenoxy) is 1. The lowest BCUT2D eigenvalue weighted by molar-refractivity contribution is -0.142. The summed E-state index contributed by atoms with van der Waals surface area (Å²) in [6.45, 7) is 4.52. The van der Waals surface area contributed by atoms with E-state index in [0.717, 1.165) is 6.42 Å². The minimum Gasteiger partial charge on any atom is -0.481 e. The van der Waals surface area contributed by atoms with Crippen molar-refractivity contribution in [2.24, 2.45) is 17.8 Å². The molecule has 0 aromatic heterocycles. The van der Waals surface area contributed by atoms with E-state index in [2.05, 4.69) is 10.6 Å². The van der Waals surface area contributed by atoms with Gasteiger partial charge in [0.2, 0.25) is 0 Å². The first-order chi connectivity index (χ1) is 9.49. The van der Waals surface area contributed by atoms with Crippen LogP contribution in [0.1, 0.15) is 33.1 Å². The van der Waals surface area contributed by atoms with Gasteiger partial charge in [-0.3, -0.25) is 4.79 Å². The number of nitrogens with one attached hydrogen (secondary N) is 2. The van der Waals surface area contributed by atoms with E-state index >= 15 is 0 Å². The van der Waals surface area contributed by atoms with Crippen LogP contribution in [0.15, 0.2) is 0 Å². The Morgan fingerprint density at radius 3 is 2.55 bits per heavy atom. The molecule has 0 aromatic carbocycles. The van der Waals surface area contributed by atoms with E-state index in [1.165, 1.54) is 12.8 Å². The molecule has 3 unspecified atom stereocenters. The molecule has 0 aromatic rings. The number of amides is 2. The van der Waals surface area contributed by atoms with Gasteiger partial charge in [-0.2, -0.15) is 0 Å². The number of carboxylic acids is 1. The van der Waals surface area contributed by atoms with Crippen molar-refractivity contribution in [1.29, 1.82) is 0 Å². The molecule has 6 heteroatoms. The Balaban J connectivity index is 1.75. The van der Waals surface area contributed by atoms with Crippen LogP contribution in [0, 0.1) is 17.8 Å². The smallest absolute Gasteiger partial charge is 0.315 e. The van der Waals surface area contributed by atoms with Crippen molar-refractivity contribution in [3.8, 4) is 0 Å². The van der Waals surface area contributed by atoms with E-state index in [9.17, 15) is 9.59 Å². The van der Waals surface area contributed by atoms with Crippen LogP contribution >= 0.6 is 0 Å². The molecule has 2 aliphatic rings. The van der Waals surface area contributed by atoms with Gasteiger partial charge in [-0.05, 0) is 31.1 Å². The summed E-state index contributed by atoms with van der Waals surface area (Å²) in [7, 11) is 0. The molecule has 20 heavy (non-hydrogen) atoms. The van der Waals surface area contributed by atoms with Crippen LogP contribution in [-0.2, 0) is 9.53 Å². The first-order valence-corrected chi connectivity index (χ1v) is 7.37. The molecule has 1 saturated heterocycles. The Bertz CT molecular complexity index is 368. The number of hydrogen-bond donors (Lipinski definition) is 3. The zero-order valence-corrected chi connectivity index (χ0v) is 12.1. The van der Waals surface area contributed by atoms with E-state index in [-0.39, 0.29) is 30.6 Å². The number of rotatable bonds is 6. The second-order valence-corrected chi connectivity index (χ2v) is 6.11. The second kappa shape index (κ2) is 6.43. The van der Waals surface area contributed by atoms with Gasteiger partial charge in [0.05, 0.1) is 18.1 Å². The lowest BCUT2D eigenvalue weighted by Crippen LogP contribution is -2.48. The lowest BCUT2D eigenvalue weighted by atomic mass is 9.96. The molecule has 0 radical (unpaired) electrons. The molecule has 2 rings (SSSR count). The molecule has 6 nitrogen and oxygen atoms in total. The van der Waals surface area contributed by atoms with Crippen molar-refractivity contribution < 1.29 is 19.4 Å². The van der Waals surface area contributed by atoms with Crippen molar-refractivity contribution in [2.45, 2.75) is 45.3 Å². The summed E-state index contributed by atoms with van der Waals surface area (Å²) in [5, 5.41) is 14.7. The summed E-state index contributed by atoms with van der Waals surface area (Å²) in [6.07, 6.45) is 3.33. The van der Waals surface area contributed by atoms with Gasteiger partial charge in [0.15, 0.2) is 0 Å². The number of carbonyl (C=O) groups is 2. The summed E-state index contributed by atoms with van der Waals surface area (Å²) in [5.74, 6) is -0.854. The zero-order valence-electron chi connectivity index (χ0n) is 12.1. The molecule has 0 bridgehead atoms. The standard InChI is InChI=1S/C14H24N2O4/c1-8(2)10(13(17)18)7-15-14(19)16-11-5-6-20-12(11)9-3-4-9/h8-12H,3-7H2,1-2H3,(H,17,18)(H2,15,16,19). The van der Waals surface area contributed by atoms with Gasteiger partial charge >= 0.3 is 12.0 Å². The number of carboxylic acid groups (broad SMARTS) is 1. The van der Waals surface area contributed by atoms with Crippen LogP contribution in [0.5, 0.6) is 0 Å². The van der Waals surface area contributed by atoms with Crippen LogP contribution < -0.4 is 10.6 Å². The fraction of sp³-hybridized carbons (Fsp3) is 0.857. The normalized spacial score (nSPS) is 27.4. The Labute approximate surface area is 119 Å². The largest absolute Gasteiger partial charge is 0.481 e. The van der Waals surface area contributed by atoms with Crippen molar-refractivity contribution in [3.05, 3.63) is 0 Å². The molecule has 3 N–H and O–H groups in total. The summed E-state index contributed by atoms with van der Waals surface area (Å²) in [5.41, 5.74) is 0. The number of urea groups is 1. The Morgan fingerprint density at radius 2 is 2.00 bits per heavy atom. The van der Waals surface area contributed by atoms with Gasteiger partial charge in [0, 0.05) is 13.2 Å². The van der Waals surface area contributed by atoms with Crippen molar-refractivity contribution in [1.82, 2.24) is 10.6 Å². The van der Waals surface area contributed by atoms with Gasteiger partial charge in [-0.25, -0.2) is 4.79 Å². The summed E-state index contributed by atoms with van der Waals surface area (Å²) < 4.78 is 5.66. The zero-order chi connectivity index (χ0) is 14.7. The maximum atomic E-state index is 11.9. The molecule has 0 spiro atoms. The van der Waals surface area contributed by atoms with Crippen LogP contribution in [0.3, 0.4) is 0 Å². The van der Waals surface area contributed by atoms with Gasteiger partial charge in [0.1, 0.15) is 0 Å². The first kappa shape index (κ1) is 15.1. The maximum absolute atomic E-state index is 11.9. The quantitative estimate of drug-likeness (QED) is 0.684. The topological polar surface area (TPSA) is 87.7 Å². The van der Waals surface area contributed by atoms with Gasteiger partial charge in [0.25, 0.3) is 0 Å². The highest BCUT2D eigenvalue weighted by Gasteiger charge is 2.41. The Kier molecular flexibility index (Phi) is 4.86. The van der Waals surface area contributed by atoms with E-state index in [1.54, 1.807) is 0 Å². The predicted octanol–water partition coefficient (Wildman–Crippen LogP) is 1.21. The number of hydrogen-bond acceptors (Lipinski definition) is 3. The van der Waals surface area contributed by atoms with Crippen LogP contribution in [0.25, 0.3) is 0 Å². The fourth-order valence-electron chi connectivity index (χ4n) is 2.69. The SMILES string of the molecule is CC(C)C(CNC(=O)NC1CCOC1C1CC1)C(=O)O. The van der Waals surface area contributed by atoms with Crippen molar-refractivity contribution in [2.75, 3.05) is 13.2 Å². The van der Waals surface area contributed by atoms with Crippen molar-refractivity contribution >= 4 is 12.0 Å². The highest BCUT2D eigenvalue weighted by molar-refractivity contribution is 5.76. The van der Waals surface area contributed by atoms with E-state index < -0.39 is 11.9 Å². The highest BCUT2D eigenvalue weighted by Crippen LogP contribution is 2.38. The molecule has 1 aliphatic heterocycles. The van der Waals surface area contributed by atoms with Crippen LogP contribution in [0.4, 0.5) is 4.79 Å². The van der Waals surface area contributed by atoms with Crippen LogP contribution in [-0.4, -0.2) is 42.4 Å². The van der Waals surface area contributed by atoms with Crippen molar-refractivity contribution in [3.63, 3.8) is 0 Å². The van der Waals surface area contributed by atoms with Gasteiger partial charge in [-0.1, -0.05) is 13.8 Å². The second-order valence-electron chi connectivity index (χ2n) is 6.11. The first-order valence-electron chi connectivity index (χ1n) is 7.37. The molecule has 1 heterocycles. The predicted molar refractivity (Wildman–Crippen MR) is 73.4 cm³/mol. The highest BCUT2D eigenvalue weighted by atomic mass is 16.5. The minimum atomic E-state index is -0.875. The Hall–Kier alpha value is -1.30. The molecule has 2 amide bonds. The average Bonchev–Trinajstić information content (AvgIpc) is 3.10. The molecular weight excluding hydrogens is 260 g/mol. The number of aliphatic carboxylic acids is 1.